The molecule has 0 aliphatic rings. The fourth-order valence-electron chi connectivity index (χ4n) is 2.32. The number of hydrogen-bond acceptors (Lipinski definition) is 6. The lowest BCUT2D eigenvalue weighted by molar-refractivity contribution is -0.383. The predicted octanol–water partition coefficient (Wildman–Crippen LogP) is 3.56. The van der Waals surface area contributed by atoms with Crippen molar-refractivity contribution in [2.75, 3.05) is 16.9 Å². The molecule has 0 fully saturated rings. The lowest BCUT2D eigenvalue weighted by Crippen LogP contribution is -2.16. The van der Waals surface area contributed by atoms with Crippen molar-refractivity contribution >= 4 is 40.6 Å². The molecule has 0 atom stereocenters. The number of imidazole rings is 1. The third kappa shape index (κ3) is 4.57. The van der Waals surface area contributed by atoms with Crippen LogP contribution in [0.1, 0.15) is 0 Å². The van der Waals surface area contributed by atoms with E-state index in [0.717, 1.165) is 17.3 Å². The van der Waals surface area contributed by atoms with Crippen molar-refractivity contribution in [3.05, 3.63) is 69.9 Å². The molecule has 10 heteroatoms. The van der Waals surface area contributed by atoms with E-state index in [1.54, 1.807) is 6.20 Å². The number of aromatic nitrogens is 2. The summed E-state index contributed by atoms with van der Waals surface area (Å²) in [6, 6.07) is 13.5. The van der Waals surface area contributed by atoms with E-state index in [1.165, 1.54) is 22.9 Å². The van der Waals surface area contributed by atoms with Crippen LogP contribution < -0.4 is 11.2 Å². The summed E-state index contributed by atoms with van der Waals surface area (Å²) in [6.07, 6.45) is 1.66. The number of benzene rings is 2. The molecule has 0 bridgehead atoms. The van der Waals surface area contributed by atoms with Crippen molar-refractivity contribution in [2.24, 2.45) is 0 Å². The first-order valence-corrected chi connectivity index (χ1v) is 9.07. The van der Waals surface area contributed by atoms with Gasteiger partial charge in [0, 0.05) is 16.7 Å². The number of nitro benzene ring substituents is 1. The Balaban J connectivity index is 1.68. The topological polar surface area (TPSA) is 116 Å². The van der Waals surface area contributed by atoms with Gasteiger partial charge in [-0.25, -0.2) is 9.66 Å². The standard InChI is InChI=1S/C17H14ClN5O3S/c18-12-6-7-15(23(25)26)13(8-12)20-16(24)10-27-17-21-14(9-22(17)19)11-4-2-1-3-5-11/h1-9H,10,19H2,(H,20,24). The maximum Gasteiger partial charge on any atom is 0.292 e. The number of anilines is 1. The molecule has 1 aromatic heterocycles. The Morgan fingerprint density at radius 2 is 2.04 bits per heavy atom. The molecule has 0 unspecified atom stereocenters. The first kappa shape index (κ1) is 18.7. The molecule has 2 aromatic carbocycles. The average Bonchev–Trinajstić information content (AvgIpc) is 3.01. The number of thioether (sulfide) groups is 1. The fourth-order valence-corrected chi connectivity index (χ4v) is 3.18. The second-order valence-corrected chi connectivity index (χ2v) is 6.82. The SMILES string of the molecule is Nn1cc(-c2ccccc2)nc1SCC(=O)Nc1cc(Cl)ccc1[N+](=O)[O-]. The smallest absolute Gasteiger partial charge is 0.292 e. The van der Waals surface area contributed by atoms with Crippen molar-refractivity contribution in [3.8, 4) is 11.3 Å². The number of rotatable bonds is 6. The number of hydrogen-bond donors (Lipinski definition) is 2. The minimum Gasteiger partial charge on any atom is -0.337 e. The third-order valence-corrected chi connectivity index (χ3v) is 4.73. The Hall–Kier alpha value is -3.04. The number of carbonyl (C=O) groups excluding carboxylic acids is 1. The first-order chi connectivity index (χ1) is 12.9. The normalized spacial score (nSPS) is 10.6. The minimum atomic E-state index is -0.586. The Labute approximate surface area is 163 Å². The van der Waals surface area contributed by atoms with Gasteiger partial charge in [-0.15, -0.1) is 0 Å². The molecule has 0 aliphatic heterocycles. The zero-order valence-corrected chi connectivity index (χ0v) is 15.4. The van der Waals surface area contributed by atoms with Gasteiger partial charge in [0.25, 0.3) is 5.69 Å². The maximum absolute atomic E-state index is 12.2. The van der Waals surface area contributed by atoms with E-state index in [2.05, 4.69) is 10.3 Å². The Morgan fingerprint density at radius 1 is 1.30 bits per heavy atom. The minimum absolute atomic E-state index is 0.0217. The molecule has 3 aromatic rings. The van der Waals surface area contributed by atoms with Crippen LogP contribution >= 0.6 is 23.4 Å². The Bertz CT molecular complexity index is 993. The van der Waals surface area contributed by atoms with Crippen LogP contribution in [0.5, 0.6) is 0 Å². The second-order valence-electron chi connectivity index (χ2n) is 5.44. The van der Waals surface area contributed by atoms with Crippen LogP contribution in [0.15, 0.2) is 59.9 Å². The zero-order chi connectivity index (χ0) is 19.4. The van der Waals surface area contributed by atoms with Gasteiger partial charge < -0.3 is 11.2 Å². The van der Waals surface area contributed by atoms with Crippen molar-refractivity contribution < 1.29 is 9.72 Å². The molecule has 8 nitrogen and oxygen atoms in total. The molecule has 3 N–H and O–H groups in total. The van der Waals surface area contributed by atoms with E-state index >= 15 is 0 Å². The number of carbonyl (C=O) groups is 1. The highest BCUT2D eigenvalue weighted by Gasteiger charge is 2.17. The Morgan fingerprint density at radius 3 is 2.74 bits per heavy atom. The van der Waals surface area contributed by atoms with Gasteiger partial charge in [-0.1, -0.05) is 53.7 Å². The van der Waals surface area contributed by atoms with E-state index in [4.69, 9.17) is 17.4 Å². The van der Waals surface area contributed by atoms with Crippen molar-refractivity contribution in [1.29, 1.82) is 0 Å². The number of amides is 1. The summed E-state index contributed by atoms with van der Waals surface area (Å²) < 4.78 is 1.34. The summed E-state index contributed by atoms with van der Waals surface area (Å²) in [6.45, 7) is 0. The fraction of sp³-hybridized carbons (Fsp3) is 0.0588. The van der Waals surface area contributed by atoms with Crippen LogP contribution in [0.2, 0.25) is 5.02 Å². The van der Waals surface area contributed by atoms with Crippen molar-refractivity contribution in [1.82, 2.24) is 9.66 Å². The number of nitrogens with one attached hydrogen (secondary N) is 1. The molecule has 0 spiro atoms. The molecule has 1 heterocycles. The summed E-state index contributed by atoms with van der Waals surface area (Å²) in [4.78, 5) is 27.1. The third-order valence-electron chi connectivity index (χ3n) is 3.53. The zero-order valence-electron chi connectivity index (χ0n) is 13.8. The van der Waals surface area contributed by atoms with Gasteiger partial charge in [-0.05, 0) is 12.1 Å². The number of halogens is 1. The van der Waals surface area contributed by atoms with Crippen molar-refractivity contribution in [3.63, 3.8) is 0 Å². The van der Waals surface area contributed by atoms with Gasteiger partial charge in [-0.2, -0.15) is 0 Å². The van der Waals surface area contributed by atoms with Gasteiger partial charge in [0.1, 0.15) is 5.69 Å². The second kappa shape index (κ2) is 8.11. The summed E-state index contributed by atoms with van der Waals surface area (Å²) >= 11 is 6.97. The molecule has 0 radical (unpaired) electrons. The van der Waals surface area contributed by atoms with E-state index < -0.39 is 10.8 Å². The first-order valence-electron chi connectivity index (χ1n) is 7.70. The average molecular weight is 404 g/mol. The largest absolute Gasteiger partial charge is 0.337 e. The molecule has 0 saturated carbocycles. The maximum atomic E-state index is 12.2. The van der Waals surface area contributed by atoms with Crippen LogP contribution in [-0.4, -0.2) is 26.2 Å². The van der Waals surface area contributed by atoms with Gasteiger partial charge in [0.2, 0.25) is 5.91 Å². The highest BCUT2D eigenvalue weighted by Crippen LogP contribution is 2.28. The molecular formula is C17H14ClN5O3S. The van der Waals surface area contributed by atoms with E-state index in [-0.39, 0.29) is 22.2 Å². The number of nitrogens with zero attached hydrogens (tertiary/aromatic N) is 3. The lowest BCUT2D eigenvalue weighted by atomic mass is 10.2. The summed E-state index contributed by atoms with van der Waals surface area (Å²) in [5.41, 5.74) is 1.40. The van der Waals surface area contributed by atoms with E-state index in [9.17, 15) is 14.9 Å². The van der Waals surface area contributed by atoms with Crippen molar-refractivity contribution in [2.45, 2.75) is 5.16 Å². The monoisotopic (exact) mass is 403 g/mol. The molecule has 138 valence electrons. The quantitative estimate of drug-likeness (QED) is 0.281. The summed E-state index contributed by atoms with van der Waals surface area (Å²) in [5, 5.41) is 14.3. The molecule has 1 amide bonds. The number of nitrogen functional groups attached to an aromatic ring is 1. The molecule has 27 heavy (non-hydrogen) atoms. The molecule has 3 rings (SSSR count). The highest BCUT2D eigenvalue weighted by atomic mass is 35.5. The van der Waals surface area contributed by atoms with Crippen LogP contribution in [0.25, 0.3) is 11.3 Å². The van der Waals surface area contributed by atoms with Gasteiger partial charge >= 0.3 is 0 Å². The van der Waals surface area contributed by atoms with E-state index in [0.29, 0.717) is 10.9 Å². The molecule has 0 saturated heterocycles. The summed E-state index contributed by atoms with van der Waals surface area (Å²) in [7, 11) is 0. The lowest BCUT2D eigenvalue weighted by Gasteiger charge is -2.06. The van der Waals surface area contributed by atoms with Crippen LogP contribution in [0.3, 0.4) is 0 Å². The van der Waals surface area contributed by atoms with Crippen LogP contribution in [0.4, 0.5) is 11.4 Å². The summed E-state index contributed by atoms with van der Waals surface area (Å²) in [5.74, 6) is 5.44. The van der Waals surface area contributed by atoms with Gasteiger partial charge in [0.05, 0.1) is 22.6 Å². The van der Waals surface area contributed by atoms with Gasteiger partial charge in [0.15, 0.2) is 5.16 Å². The van der Waals surface area contributed by atoms with Crippen LogP contribution in [0, 0.1) is 10.1 Å². The van der Waals surface area contributed by atoms with Gasteiger partial charge in [-0.3, -0.25) is 14.9 Å². The number of nitrogens with two attached hydrogens (primary N) is 1. The van der Waals surface area contributed by atoms with Crippen LogP contribution in [-0.2, 0) is 4.79 Å². The molecule has 0 aliphatic carbocycles. The predicted molar refractivity (Wildman–Crippen MR) is 105 cm³/mol. The Kier molecular flexibility index (Phi) is 5.63. The molecular weight excluding hydrogens is 390 g/mol. The van der Waals surface area contributed by atoms with E-state index in [1.807, 2.05) is 30.3 Å². The number of nitro groups is 1. The highest BCUT2D eigenvalue weighted by molar-refractivity contribution is 7.99.